The second-order valence-corrected chi connectivity index (χ2v) is 9.76. The van der Waals surface area contributed by atoms with Gasteiger partial charge in [-0.3, -0.25) is 9.78 Å². The number of benzene rings is 2. The number of ether oxygens (including phenoxy) is 2. The van der Waals surface area contributed by atoms with Crippen molar-refractivity contribution >= 4 is 32.5 Å². The van der Waals surface area contributed by atoms with Crippen molar-refractivity contribution in [2.24, 2.45) is 5.92 Å². The molecular weight excluding hydrogens is 430 g/mol. The van der Waals surface area contributed by atoms with Gasteiger partial charge in [-0.15, -0.1) is 0 Å². The molecule has 5 rings (SSSR count). The SMILES string of the molecule is O=C(Nc1ccc2c(c1)OCCO2)C1CCN(S(=O)(=O)c2cccc3cccnc23)CC1. The monoisotopic (exact) mass is 453 g/mol. The fourth-order valence-electron chi connectivity index (χ4n) is 4.15. The number of carbonyl (C=O) groups is 1. The van der Waals surface area contributed by atoms with Crippen molar-refractivity contribution in [2.45, 2.75) is 17.7 Å². The summed E-state index contributed by atoms with van der Waals surface area (Å²) in [6, 6.07) is 14.1. The van der Waals surface area contributed by atoms with Gasteiger partial charge < -0.3 is 14.8 Å². The number of rotatable bonds is 4. The molecule has 1 aromatic heterocycles. The van der Waals surface area contributed by atoms with Gasteiger partial charge in [0.05, 0.1) is 5.52 Å². The minimum Gasteiger partial charge on any atom is -0.486 e. The van der Waals surface area contributed by atoms with Gasteiger partial charge in [-0.1, -0.05) is 18.2 Å². The number of fused-ring (bicyclic) bond motifs is 2. The van der Waals surface area contributed by atoms with Crippen molar-refractivity contribution in [2.75, 3.05) is 31.6 Å². The van der Waals surface area contributed by atoms with E-state index in [-0.39, 0.29) is 29.8 Å². The third-order valence-corrected chi connectivity index (χ3v) is 7.78. The van der Waals surface area contributed by atoms with E-state index in [0.717, 1.165) is 5.39 Å². The third-order valence-electron chi connectivity index (χ3n) is 5.85. The molecular formula is C23H23N3O5S. The van der Waals surface area contributed by atoms with Crippen LogP contribution in [0.4, 0.5) is 5.69 Å². The molecule has 1 saturated heterocycles. The van der Waals surface area contributed by atoms with E-state index >= 15 is 0 Å². The second kappa shape index (κ2) is 8.40. The predicted molar refractivity (Wildman–Crippen MR) is 119 cm³/mol. The number of pyridine rings is 1. The quantitative estimate of drug-likeness (QED) is 0.652. The molecule has 1 fully saturated rings. The van der Waals surface area contributed by atoms with Gasteiger partial charge in [-0.2, -0.15) is 4.31 Å². The van der Waals surface area contributed by atoms with Crippen molar-refractivity contribution in [1.82, 2.24) is 9.29 Å². The molecule has 3 heterocycles. The van der Waals surface area contributed by atoms with Gasteiger partial charge in [0.25, 0.3) is 0 Å². The van der Waals surface area contributed by atoms with Crippen LogP contribution < -0.4 is 14.8 Å². The maximum absolute atomic E-state index is 13.3. The summed E-state index contributed by atoms with van der Waals surface area (Å²) in [4.78, 5) is 17.3. The normalized spacial score (nSPS) is 17.2. The van der Waals surface area contributed by atoms with Crippen molar-refractivity contribution in [3.8, 4) is 11.5 Å². The number of piperidine rings is 1. The zero-order chi connectivity index (χ0) is 22.1. The molecule has 0 bridgehead atoms. The van der Waals surface area contributed by atoms with E-state index in [4.69, 9.17) is 9.47 Å². The molecule has 1 N–H and O–H groups in total. The maximum Gasteiger partial charge on any atom is 0.245 e. The van der Waals surface area contributed by atoms with E-state index in [2.05, 4.69) is 10.3 Å². The molecule has 0 saturated carbocycles. The number of sulfonamides is 1. The first kappa shape index (κ1) is 20.7. The Kier molecular flexibility index (Phi) is 5.44. The number of amides is 1. The van der Waals surface area contributed by atoms with Crippen LogP contribution in [0, 0.1) is 5.92 Å². The summed E-state index contributed by atoms with van der Waals surface area (Å²) in [6.07, 6.45) is 2.50. The minimum absolute atomic E-state index is 0.120. The third kappa shape index (κ3) is 3.89. The van der Waals surface area contributed by atoms with Crippen molar-refractivity contribution in [1.29, 1.82) is 0 Å². The molecule has 2 aliphatic rings. The number of carbonyl (C=O) groups excluding carboxylic acids is 1. The van der Waals surface area contributed by atoms with E-state index in [0.29, 0.717) is 48.8 Å². The van der Waals surface area contributed by atoms with Crippen molar-refractivity contribution in [3.05, 3.63) is 54.7 Å². The molecule has 1 amide bonds. The summed E-state index contributed by atoms with van der Waals surface area (Å²) in [5.74, 6) is 0.889. The zero-order valence-electron chi connectivity index (χ0n) is 17.4. The fourth-order valence-corrected chi connectivity index (χ4v) is 5.78. The van der Waals surface area contributed by atoms with E-state index < -0.39 is 10.0 Å². The van der Waals surface area contributed by atoms with Gasteiger partial charge in [0.1, 0.15) is 18.1 Å². The maximum atomic E-state index is 13.3. The van der Waals surface area contributed by atoms with Crippen molar-refractivity contribution < 1.29 is 22.7 Å². The Hall–Kier alpha value is -3.17. The lowest BCUT2D eigenvalue weighted by Gasteiger charge is -2.30. The highest BCUT2D eigenvalue weighted by molar-refractivity contribution is 7.89. The van der Waals surface area contributed by atoms with Crippen LogP contribution in [0.5, 0.6) is 11.5 Å². The molecule has 9 heteroatoms. The Morgan fingerprint density at radius 2 is 1.75 bits per heavy atom. The lowest BCUT2D eigenvalue weighted by atomic mass is 9.97. The lowest BCUT2D eigenvalue weighted by Crippen LogP contribution is -2.41. The summed E-state index contributed by atoms with van der Waals surface area (Å²) >= 11 is 0. The topological polar surface area (TPSA) is 97.8 Å². The van der Waals surface area contributed by atoms with Crippen LogP contribution in [0.2, 0.25) is 0 Å². The van der Waals surface area contributed by atoms with Crippen molar-refractivity contribution in [3.63, 3.8) is 0 Å². The lowest BCUT2D eigenvalue weighted by molar-refractivity contribution is -0.120. The van der Waals surface area contributed by atoms with Crippen LogP contribution in [-0.2, 0) is 14.8 Å². The first-order valence-corrected chi connectivity index (χ1v) is 12.0. The molecule has 0 aliphatic carbocycles. The highest BCUT2D eigenvalue weighted by Gasteiger charge is 2.33. The van der Waals surface area contributed by atoms with Crippen LogP contribution >= 0.6 is 0 Å². The van der Waals surface area contributed by atoms with Crippen LogP contribution in [-0.4, -0.2) is 49.9 Å². The summed E-state index contributed by atoms with van der Waals surface area (Å²) in [7, 11) is -3.70. The molecule has 0 radical (unpaired) electrons. The smallest absolute Gasteiger partial charge is 0.245 e. The number of nitrogens with zero attached hydrogens (tertiary/aromatic N) is 2. The van der Waals surface area contributed by atoms with Gasteiger partial charge in [-0.25, -0.2) is 8.42 Å². The molecule has 0 atom stereocenters. The van der Waals surface area contributed by atoms with Crippen LogP contribution in [0.25, 0.3) is 10.9 Å². The van der Waals surface area contributed by atoms with E-state index in [1.165, 1.54) is 4.31 Å². The second-order valence-electron chi connectivity index (χ2n) is 7.86. The van der Waals surface area contributed by atoms with Crippen LogP contribution in [0.3, 0.4) is 0 Å². The molecule has 2 aliphatic heterocycles. The first-order valence-electron chi connectivity index (χ1n) is 10.6. The number of anilines is 1. The standard InChI is InChI=1S/C23H23N3O5S/c27-23(25-18-6-7-19-20(15-18)31-14-13-30-19)17-8-11-26(12-9-17)32(28,29)21-5-1-3-16-4-2-10-24-22(16)21/h1-7,10,15,17H,8-9,11-14H2,(H,25,27). The highest BCUT2D eigenvalue weighted by Crippen LogP contribution is 2.33. The average molecular weight is 454 g/mol. The van der Waals surface area contributed by atoms with Gasteiger partial charge in [0.15, 0.2) is 11.5 Å². The highest BCUT2D eigenvalue weighted by atomic mass is 32.2. The van der Waals surface area contributed by atoms with Gasteiger partial charge in [0.2, 0.25) is 15.9 Å². The summed E-state index contributed by atoms with van der Waals surface area (Å²) in [6.45, 7) is 1.55. The fraction of sp³-hybridized carbons (Fsp3) is 0.304. The van der Waals surface area contributed by atoms with Gasteiger partial charge >= 0.3 is 0 Å². The molecule has 0 unspecified atom stereocenters. The summed E-state index contributed by atoms with van der Waals surface area (Å²) in [5.41, 5.74) is 1.10. The van der Waals surface area contributed by atoms with Crippen LogP contribution in [0.1, 0.15) is 12.8 Å². The Labute approximate surface area is 186 Å². The molecule has 3 aromatic rings. The Bertz CT molecular complexity index is 1260. The Morgan fingerprint density at radius 1 is 1.00 bits per heavy atom. The largest absolute Gasteiger partial charge is 0.486 e. The molecule has 32 heavy (non-hydrogen) atoms. The number of aromatic nitrogens is 1. The van der Waals surface area contributed by atoms with Crippen LogP contribution in [0.15, 0.2) is 59.6 Å². The summed E-state index contributed by atoms with van der Waals surface area (Å²) in [5, 5.41) is 3.70. The molecule has 0 spiro atoms. The van der Waals surface area contributed by atoms with E-state index in [1.807, 2.05) is 12.1 Å². The predicted octanol–water partition coefficient (Wildman–Crippen LogP) is 3.05. The minimum atomic E-state index is -3.70. The van der Waals surface area contributed by atoms with Gasteiger partial charge in [0, 0.05) is 42.3 Å². The summed E-state index contributed by atoms with van der Waals surface area (Å²) < 4.78 is 39.0. The van der Waals surface area contributed by atoms with Gasteiger partial charge in [-0.05, 0) is 37.1 Å². The number of nitrogens with one attached hydrogen (secondary N) is 1. The molecule has 166 valence electrons. The van der Waals surface area contributed by atoms with E-state index in [1.54, 1.807) is 42.6 Å². The number of para-hydroxylation sites is 1. The zero-order valence-corrected chi connectivity index (χ0v) is 18.2. The Morgan fingerprint density at radius 3 is 2.56 bits per heavy atom. The number of hydrogen-bond donors (Lipinski definition) is 1. The average Bonchev–Trinajstić information content (AvgIpc) is 2.83. The number of hydrogen-bond acceptors (Lipinski definition) is 6. The molecule has 2 aromatic carbocycles. The van der Waals surface area contributed by atoms with E-state index in [9.17, 15) is 13.2 Å². The first-order chi connectivity index (χ1) is 15.5. The Balaban J connectivity index is 1.26. The molecule has 8 nitrogen and oxygen atoms in total.